The fourth-order valence-corrected chi connectivity index (χ4v) is 3.68. The van der Waals surface area contributed by atoms with Gasteiger partial charge in [-0.3, -0.25) is 4.79 Å². The lowest BCUT2D eigenvalue weighted by Crippen LogP contribution is -2.42. The van der Waals surface area contributed by atoms with E-state index in [1.54, 1.807) is 0 Å². The minimum atomic E-state index is 0.167. The summed E-state index contributed by atoms with van der Waals surface area (Å²) in [6, 6.07) is 8.41. The Labute approximate surface area is 116 Å². The zero-order valence-corrected chi connectivity index (χ0v) is 12.0. The molecule has 96 valence electrons. The maximum Gasteiger partial charge on any atom is 0.254 e. The molecule has 2 saturated heterocycles. The molecule has 2 heterocycles. The Morgan fingerprint density at radius 3 is 3.06 bits per heavy atom. The molecule has 0 radical (unpaired) electrons. The first-order chi connectivity index (χ1) is 8.66. The van der Waals surface area contributed by atoms with E-state index < -0.39 is 0 Å². The minimum absolute atomic E-state index is 0.167. The van der Waals surface area contributed by atoms with Gasteiger partial charge >= 0.3 is 0 Å². The molecular weight excluding hydrogens is 292 g/mol. The van der Waals surface area contributed by atoms with Gasteiger partial charge in [-0.1, -0.05) is 22.0 Å². The van der Waals surface area contributed by atoms with Crippen LogP contribution in [-0.4, -0.2) is 36.0 Å². The molecule has 1 aromatic carbocycles. The highest BCUT2D eigenvalue weighted by Gasteiger charge is 2.44. The maximum absolute atomic E-state index is 12.6. The average molecular weight is 309 g/mol. The van der Waals surface area contributed by atoms with Crippen LogP contribution in [0, 0.1) is 5.92 Å². The summed E-state index contributed by atoms with van der Waals surface area (Å²) in [4.78, 5) is 14.7. The van der Waals surface area contributed by atoms with Crippen molar-refractivity contribution in [3.63, 3.8) is 0 Å². The molecule has 2 aliphatic heterocycles. The molecular formula is C14H17BrN2O. The summed E-state index contributed by atoms with van der Waals surface area (Å²) in [5.74, 6) is 0.802. The smallest absolute Gasteiger partial charge is 0.254 e. The highest BCUT2D eigenvalue weighted by molar-refractivity contribution is 9.10. The first-order valence-electron chi connectivity index (χ1n) is 6.46. The van der Waals surface area contributed by atoms with Crippen molar-refractivity contribution in [2.24, 2.45) is 5.92 Å². The number of halogens is 1. The number of nitrogens with zero attached hydrogens (tertiary/aromatic N) is 1. The van der Waals surface area contributed by atoms with Gasteiger partial charge < -0.3 is 10.2 Å². The Morgan fingerprint density at radius 1 is 1.44 bits per heavy atom. The monoisotopic (exact) mass is 308 g/mol. The third-order valence-corrected chi connectivity index (χ3v) is 4.58. The van der Waals surface area contributed by atoms with Gasteiger partial charge in [0.15, 0.2) is 0 Å². The molecule has 3 unspecified atom stereocenters. The Balaban J connectivity index is 1.87. The van der Waals surface area contributed by atoms with Crippen LogP contribution in [0.2, 0.25) is 0 Å². The van der Waals surface area contributed by atoms with Crippen LogP contribution >= 0.6 is 15.9 Å². The molecule has 0 aliphatic carbocycles. The van der Waals surface area contributed by atoms with Crippen molar-refractivity contribution in [2.45, 2.75) is 25.4 Å². The molecule has 1 aromatic rings. The summed E-state index contributed by atoms with van der Waals surface area (Å²) in [6.45, 7) is 4.15. The van der Waals surface area contributed by atoms with Crippen LogP contribution in [0.25, 0.3) is 0 Å². The summed E-state index contributed by atoms with van der Waals surface area (Å²) in [5, 5.41) is 3.39. The number of benzene rings is 1. The quantitative estimate of drug-likeness (QED) is 0.863. The number of rotatable bonds is 1. The van der Waals surface area contributed by atoms with Crippen LogP contribution < -0.4 is 5.32 Å². The molecule has 2 aliphatic rings. The Bertz CT molecular complexity index is 477. The number of hydrogen-bond donors (Lipinski definition) is 1. The predicted octanol–water partition coefficient (Wildman–Crippen LogP) is 2.27. The van der Waals surface area contributed by atoms with Gasteiger partial charge in [-0.2, -0.15) is 0 Å². The van der Waals surface area contributed by atoms with Gasteiger partial charge in [0.05, 0.1) is 0 Å². The number of carbonyl (C=O) groups excluding carboxylic acids is 1. The summed E-state index contributed by atoms with van der Waals surface area (Å²) in [7, 11) is 0. The molecule has 3 atom stereocenters. The van der Waals surface area contributed by atoms with Crippen LogP contribution in [0.3, 0.4) is 0 Å². The van der Waals surface area contributed by atoms with Gasteiger partial charge in [-0.15, -0.1) is 0 Å². The van der Waals surface area contributed by atoms with Crippen molar-refractivity contribution in [2.75, 3.05) is 13.1 Å². The van der Waals surface area contributed by atoms with E-state index >= 15 is 0 Å². The van der Waals surface area contributed by atoms with Crippen molar-refractivity contribution >= 4 is 21.8 Å². The fourth-order valence-electron chi connectivity index (χ4n) is 3.29. The van der Waals surface area contributed by atoms with E-state index in [4.69, 9.17) is 0 Å². The first kappa shape index (κ1) is 12.2. The fraction of sp³-hybridized carbons (Fsp3) is 0.500. The van der Waals surface area contributed by atoms with Crippen LogP contribution in [0.15, 0.2) is 28.7 Å². The van der Waals surface area contributed by atoms with Crippen LogP contribution in [0.5, 0.6) is 0 Å². The number of amides is 1. The highest BCUT2D eigenvalue weighted by Crippen LogP contribution is 2.33. The van der Waals surface area contributed by atoms with Crippen molar-refractivity contribution in [1.82, 2.24) is 10.2 Å². The van der Waals surface area contributed by atoms with E-state index in [1.165, 1.54) is 0 Å². The summed E-state index contributed by atoms with van der Waals surface area (Å²) < 4.78 is 0.960. The van der Waals surface area contributed by atoms with Crippen molar-refractivity contribution in [3.8, 4) is 0 Å². The zero-order chi connectivity index (χ0) is 12.7. The minimum Gasteiger partial charge on any atom is -0.331 e. The van der Waals surface area contributed by atoms with Gasteiger partial charge in [0.2, 0.25) is 0 Å². The predicted molar refractivity (Wildman–Crippen MR) is 74.5 cm³/mol. The van der Waals surface area contributed by atoms with E-state index in [2.05, 4.69) is 33.1 Å². The van der Waals surface area contributed by atoms with Crippen LogP contribution in [0.1, 0.15) is 23.7 Å². The Morgan fingerprint density at radius 2 is 2.28 bits per heavy atom. The highest BCUT2D eigenvalue weighted by atomic mass is 79.9. The summed E-state index contributed by atoms with van der Waals surface area (Å²) in [6.07, 6.45) is 1.12. The zero-order valence-electron chi connectivity index (χ0n) is 10.4. The van der Waals surface area contributed by atoms with E-state index in [9.17, 15) is 4.79 Å². The topological polar surface area (TPSA) is 32.3 Å². The number of likely N-dealkylation sites (tertiary alicyclic amines) is 1. The van der Waals surface area contributed by atoms with Gasteiger partial charge in [0, 0.05) is 35.2 Å². The molecule has 3 nitrogen and oxygen atoms in total. The number of nitrogens with one attached hydrogen (secondary N) is 1. The molecule has 2 fully saturated rings. The second kappa shape index (κ2) is 4.67. The van der Waals surface area contributed by atoms with Crippen molar-refractivity contribution in [1.29, 1.82) is 0 Å². The normalized spacial score (nSPS) is 30.6. The SMILES string of the molecule is CC1CC2CNCC2N1C(=O)c1cccc(Br)c1. The second-order valence-corrected chi connectivity index (χ2v) is 6.21. The average Bonchev–Trinajstić information content (AvgIpc) is 2.88. The van der Waals surface area contributed by atoms with E-state index in [1.807, 2.05) is 24.3 Å². The number of hydrogen-bond acceptors (Lipinski definition) is 2. The summed E-state index contributed by atoms with van der Waals surface area (Å²) >= 11 is 3.43. The van der Waals surface area contributed by atoms with Crippen molar-refractivity contribution < 1.29 is 4.79 Å². The van der Waals surface area contributed by atoms with Gasteiger partial charge in [-0.05, 0) is 37.5 Å². The van der Waals surface area contributed by atoms with Crippen LogP contribution in [0.4, 0.5) is 0 Å². The lowest BCUT2D eigenvalue weighted by atomic mass is 10.0. The first-order valence-corrected chi connectivity index (χ1v) is 7.25. The Hall–Kier alpha value is -0.870. The molecule has 0 bridgehead atoms. The molecule has 0 saturated carbocycles. The van der Waals surface area contributed by atoms with E-state index in [-0.39, 0.29) is 5.91 Å². The number of carbonyl (C=O) groups is 1. The lowest BCUT2D eigenvalue weighted by molar-refractivity contribution is 0.0682. The standard InChI is InChI=1S/C14H17BrN2O/c1-9-5-11-7-16-8-13(11)17(9)14(18)10-3-2-4-12(15)6-10/h2-4,6,9,11,13,16H,5,7-8H2,1H3. The largest absolute Gasteiger partial charge is 0.331 e. The van der Waals surface area contributed by atoms with Gasteiger partial charge in [0.25, 0.3) is 5.91 Å². The molecule has 0 aromatic heterocycles. The third-order valence-electron chi connectivity index (χ3n) is 4.09. The number of fused-ring (bicyclic) bond motifs is 1. The van der Waals surface area contributed by atoms with E-state index in [0.717, 1.165) is 29.5 Å². The summed E-state index contributed by atoms with van der Waals surface area (Å²) in [5.41, 5.74) is 0.781. The van der Waals surface area contributed by atoms with Gasteiger partial charge in [-0.25, -0.2) is 0 Å². The molecule has 4 heteroatoms. The van der Waals surface area contributed by atoms with Crippen LogP contribution in [-0.2, 0) is 0 Å². The van der Waals surface area contributed by atoms with Crippen molar-refractivity contribution in [3.05, 3.63) is 34.3 Å². The molecule has 1 N–H and O–H groups in total. The second-order valence-electron chi connectivity index (χ2n) is 5.29. The molecule has 18 heavy (non-hydrogen) atoms. The maximum atomic E-state index is 12.6. The lowest BCUT2D eigenvalue weighted by Gasteiger charge is -2.27. The third kappa shape index (κ3) is 1.97. The molecule has 0 spiro atoms. The van der Waals surface area contributed by atoms with E-state index in [0.29, 0.717) is 18.0 Å². The van der Waals surface area contributed by atoms with Gasteiger partial charge in [0.1, 0.15) is 0 Å². The molecule has 1 amide bonds. The molecule has 3 rings (SSSR count). The Kier molecular flexibility index (Phi) is 3.16.